The molecule has 0 bridgehead atoms. The van der Waals surface area contributed by atoms with E-state index >= 15 is 0 Å². The number of nitrogens with one attached hydrogen (secondary N) is 1. The van der Waals surface area contributed by atoms with Gasteiger partial charge >= 0.3 is 5.97 Å². The van der Waals surface area contributed by atoms with Gasteiger partial charge in [-0.1, -0.05) is 5.21 Å². The number of ether oxygens (including phenoxy) is 1. The number of aromatic nitrogens is 3. The molecule has 0 saturated carbocycles. The van der Waals surface area contributed by atoms with Gasteiger partial charge in [-0.3, -0.25) is 9.48 Å². The van der Waals surface area contributed by atoms with Crippen molar-refractivity contribution in [3.05, 3.63) is 28.4 Å². The fourth-order valence-corrected chi connectivity index (χ4v) is 2.53. The average Bonchev–Trinajstić information content (AvgIpc) is 2.96. The summed E-state index contributed by atoms with van der Waals surface area (Å²) in [6.07, 6.45) is 1.52. The minimum Gasteiger partial charge on any atom is -0.462 e. The first-order chi connectivity index (χ1) is 9.51. The quantitative estimate of drug-likeness (QED) is 0.866. The first kappa shape index (κ1) is 14.2. The number of hydrogen-bond donors (Lipinski definition) is 1. The van der Waals surface area contributed by atoms with Crippen molar-refractivity contribution in [2.24, 2.45) is 7.05 Å². The summed E-state index contributed by atoms with van der Waals surface area (Å²) < 4.78 is 6.39. The van der Waals surface area contributed by atoms with Gasteiger partial charge in [0.25, 0.3) is 5.91 Å². The number of hydrogen-bond acceptors (Lipinski definition) is 6. The smallest absolute Gasteiger partial charge is 0.348 e. The third-order valence-electron chi connectivity index (χ3n) is 2.45. The molecule has 20 heavy (non-hydrogen) atoms. The summed E-state index contributed by atoms with van der Waals surface area (Å²) in [5, 5.41) is 10.7. The Labute approximate surface area is 119 Å². The van der Waals surface area contributed by atoms with Gasteiger partial charge in [-0.2, -0.15) is 0 Å². The summed E-state index contributed by atoms with van der Waals surface area (Å²) in [5.74, 6) is -0.746. The number of thiophene rings is 1. The Morgan fingerprint density at radius 3 is 2.85 bits per heavy atom. The topological polar surface area (TPSA) is 86.1 Å². The molecule has 0 radical (unpaired) electrons. The van der Waals surface area contributed by atoms with Crippen LogP contribution >= 0.6 is 11.3 Å². The lowest BCUT2D eigenvalue weighted by molar-refractivity contribution is 0.0531. The zero-order valence-electron chi connectivity index (χ0n) is 11.3. The third-order valence-corrected chi connectivity index (χ3v) is 3.58. The van der Waals surface area contributed by atoms with Crippen LogP contribution in [0.4, 0.5) is 5.00 Å². The van der Waals surface area contributed by atoms with Gasteiger partial charge in [0.05, 0.1) is 17.8 Å². The Bertz CT molecular complexity index is 647. The van der Waals surface area contributed by atoms with E-state index in [0.29, 0.717) is 16.5 Å². The predicted molar refractivity (Wildman–Crippen MR) is 74.0 cm³/mol. The van der Waals surface area contributed by atoms with E-state index in [0.717, 1.165) is 5.56 Å². The highest BCUT2D eigenvalue weighted by Crippen LogP contribution is 2.27. The van der Waals surface area contributed by atoms with Gasteiger partial charge in [0.15, 0.2) is 5.69 Å². The van der Waals surface area contributed by atoms with Crippen molar-refractivity contribution in [3.8, 4) is 0 Å². The fourth-order valence-electron chi connectivity index (χ4n) is 1.57. The van der Waals surface area contributed by atoms with Crippen LogP contribution in [0.2, 0.25) is 0 Å². The molecule has 0 aliphatic heterocycles. The van der Waals surface area contributed by atoms with E-state index in [1.807, 2.05) is 0 Å². The summed E-state index contributed by atoms with van der Waals surface area (Å²) in [6.45, 7) is 3.86. The molecule has 7 nitrogen and oxygen atoms in total. The molecule has 2 aromatic rings. The molecular weight excluding hydrogens is 280 g/mol. The van der Waals surface area contributed by atoms with Crippen LogP contribution in [-0.2, 0) is 11.8 Å². The highest BCUT2D eigenvalue weighted by Gasteiger charge is 2.17. The molecule has 0 spiro atoms. The molecule has 1 amide bonds. The van der Waals surface area contributed by atoms with Crippen LogP contribution in [0.25, 0.3) is 0 Å². The second kappa shape index (κ2) is 5.83. The van der Waals surface area contributed by atoms with Gasteiger partial charge in [-0.05, 0) is 25.5 Å². The van der Waals surface area contributed by atoms with Crippen LogP contribution < -0.4 is 5.32 Å². The lowest BCUT2D eigenvalue weighted by Crippen LogP contribution is -2.11. The Hall–Kier alpha value is -2.22. The maximum Gasteiger partial charge on any atom is 0.348 e. The Balaban J connectivity index is 2.12. The fraction of sp³-hybridized carbons (Fsp3) is 0.333. The minimum atomic E-state index is -0.380. The van der Waals surface area contributed by atoms with Gasteiger partial charge in [0.1, 0.15) is 4.88 Å². The molecule has 0 fully saturated rings. The van der Waals surface area contributed by atoms with Gasteiger partial charge in [-0.15, -0.1) is 16.4 Å². The van der Waals surface area contributed by atoms with Crippen molar-refractivity contribution in [2.45, 2.75) is 13.8 Å². The molecule has 0 unspecified atom stereocenters. The average molecular weight is 294 g/mol. The van der Waals surface area contributed by atoms with E-state index in [9.17, 15) is 9.59 Å². The second-order valence-electron chi connectivity index (χ2n) is 4.07. The Morgan fingerprint density at radius 1 is 1.50 bits per heavy atom. The summed E-state index contributed by atoms with van der Waals surface area (Å²) in [7, 11) is 1.68. The molecule has 0 atom stereocenters. The second-order valence-corrected chi connectivity index (χ2v) is 5.13. The summed E-state index contributed by atoms with van der Waals surface area (Å²) >= 11 is 1.18. The lowest BCUT2D eigenvalue weighted by atomic mass is 10.3. The van der Waals surface area contributed by atoms with Gasteiger partial charge < -0.3 is 10.1 Å². The molecule has 106 valence electrons. The van der Waals surface area contributed by atoms with Gasteiger partial charge in [0, 0.05) is 7.05 Å². The molecule has 1 N–H and O–H groups in total. The number of carbonyl (C=O) groups is 2. The number of nitrogens with zero attached hydrogens (tertiary/aromatic N) is 3. The van der Waals surface area contributed by atoms with Crippen molar-refractivity contribution < 1.29 is 14.3 Å². The standard InChI is InChI=1S/C12H14N4O3S/c1-4-19-12(18)10-7(2)5-9(20-10)13-11(17)8-6-16(3)15-14-8/h5-6H,4H2,1-3H3,(H,13,17). The highest BCUT2D eigenvalue weighted by molar-refractivity contribution is 7.18. The van der Waals surface area contributed by atoms with Crippen LogP contribution in [0, 0.1) is 6.92 Å². The molecule has 8 heteroatoms. The lowest BCUT2D eigenvalue weighted by Gasteiger charge is -1.99. The summed E-state index contributed by atoms with van der Waals surface area (Å²) in [6, 6.07) is 1.73. The molecule has 0 saturated heterocycles. The maximum absolute atomic E-state index is 11.9. The SMILES string of the molecule is CCOC(=O)c1sc(NC(=O)c2cn(C)nn2)cc1C. The van der Waals surface area contributed by atoms with Crippen molar-refractivity contribution in [1.29, 1.82) is 0 Å². The number of rotatable bonds is 4. The Morgan fingerprint density at radius 2 is 2.25 bits per heavy atom. The first-order valence-corrected chi connectivity index (χ1v) is 6.78. The van der Waals surface area contributed by atoms with Crippen molar-refractivity contribution in [3.63, 3.8) is 0 Å². The van der Waals surface area contributed by atoms with Crippen molar-refractivity contribution in [1.82, 2.24) is 15.0 Å². The zero-order valence-corrected chi connectivity index (χ0v) is 12.2. The van der Waals surface area contributed by atoms with E-state index in [-0.39, 0.29) is 17.6 Å². The van der Waals surface area contributed by atoms with E-state index in [1.165, 1.54) is 22.2 Å². The van der Waals surface area contributed by atoms with Crippen LogP contribution in [0.3, 0.4) is 0 Å². The predicted octanol–water partition coefficient (Wildman–Crippen LogP) is 1.61. The molecule has 0 aliphatic carbocycles. The first-order valence-electron chi connectivity index (χ1n) is 5.96. The van der Waals surface area contributed by atoms with Crippen LogP contribution in [-0.4, -0.2) is 33.5 Å². The zero-order chi connectivity index (χ0) is 14.7. The minimum absolute atomic E-state index is 0.219. The van der Waals surface area contributed by atoms with E-state index < -0.39 is 0 Å². The molecule has 2 heterocycles. The summed E-state index contributed by atoms with van der Waals surface area (Å²) in [5.41, 5.74) is 0.985. The van der Waals surface area contributed by atoms with E-state index in [2.05, 4.69) is 15.6 Å². The molecular formula is C12H14N4O3S. The number of esters is 1. The van der Waals surface area contributed by atoms with Crippen LogP contribution in [0.5, 0.6) is 0 Å². The number of carbonyl (C=O) groups excluding carboxylic acids is 2. The van der Waals surface area contributed by atoms with Crippen LogP contribution in [0.1, 0.15) is 32.6 Å². The van der Waals surface area contributed by atoms with Crippen molar-refractivity contribution in [2.75, 3.05) is 11.9 Å². The van der Waals surface area contributed by atoms with Gasteiger partial charge in [0.2, 0.25) is 0 Å². The van der Waals surface area contributed by atoms with E-state index in [4.69, 9.17) is 4.74 Å². The molecule has 2 rings (SSSR count). The monoisotopic (exact) mass is 294 g/mol. The van der Waals surface area contributed by atoms with Gasteiger partial charge in [-0.25, -0.2) is 4.79 Å². The van der Waals surface area contributed by atoms with Crippen LogP contribution in [0.15, 0.2) is 12.3 Å². The highest BCUT2D eigenvalue weighted by atomic mass is 32.1. The number of amides is 1. The summed E-state index contributed by atoms with van der Waals surface area (Å²) in [4.78, 5) is 24.1. The number of anilines is 1. The Kier molecular flexibility index (Phi) is 4.14. The molecule has 0 aliphatic rings. The molecule has 2 aromatic heterocycles. The van der Waals surface area contributed by atoms with E-state index in [1.54, 1.807) is 27.0 Å². The third kappa shape index (κ3) is 3.02. The normalized spacial score (nSPS) is 10.3. The van der Waals surface area contributed by atoms with Crippen molar-refractivity contribution >= 4 is 28.2 Å². The largest absolute Gasteiger partial charge is 0.462 e. The maximum atomic E-state index is 11.9. The molecule has 0 aromatic carbocycles. The number of aryl methyl sites for hydroxylation is 2.